The molecule has 0 spiro atoms. The third-order valence-electron chi connectivity index (χ3n) is 6.01. The van der Waals surface area contributed by atoms with Gasteiger partial charge in [-0.3, -0.25) is 9.69 Å². The van der Waals surface area contributed by atoms with E-state index in [4.69, 9.17) is 10.7 Å². The van der Waals surface area contributed by atoms with Crippen molar-refractivity contribution < 1.29 is 4.79 Å². The first-order valence-electron chi connectivity index (χ1n) is 9.87. The molecule has 1 aromatic carbocycles. The van der Waals surface area contributed by atoms with Crippen LogP contribution in [-0.2, 0) is 17.9 Å². The van der Waals surface area contributed by atoms with Crippen LogP contribution in [-0.4, -0.2) is 57.5 Å². The lowest BCUT2D eigenvalue weighted by Crippen LogP contribution is -2.56. The highest BCUT2D eigenvalue weighted by molar-refractivity contribution is 5.85. The molecule has 0 unspecified atom stereocenters. The van der Waals surface area contributed by atoms with Gasteiger partial charge in [-0.05, 0) is 37.8 Å². The predicted octanol–water partition coefficient (Wildman–Crippen LogP) is 2.67. The number of fused-ring (bicyclic) bond motifs is 2. The van der Waals surface area contributed by atoms with E-state index in [9.17, 15) is 4.79 Å². The number of amides is 1. The Hall–Kier alpha value is -1.34. The van der Waals surface area contributed by atoms with Crippen LogP contribution in [0.15, 0.2) is 24.3 Å². The molecule has 2 saturated heterocycles. The summed E-state index contributed by atoms with van der Waals surface area (Å²) in [7, 11) is 0. The molecule has 8 heteroatoms. The van der Waals surface area contributed by atoms with E-state index in [0.29, 0.717) is 31.5 Å². The van der Waals surface area contributed by atoms with Crippen molar-refractivity contribution in [1.82, 2.24) is 19.4 Å². The van der Waals surface area contributed by atoms with Gasteiger partial charge in [-0.2, -0.15) is 0 Å². The minimum atomic E-state index is 0. The lowest BCUT2D eigenvalue weighted by molar-refractivity contribution is -0.141. The van der Waals surface area contributed by atoms with Crippen molar-refractivity contribution >= 4 is 41.8 Å². The number of carbonyl (C=O) groups excluding carboxylic acids is 1. The van der Waals surface area contributed by atoms with Crippen molar-refractivity contribution in [3.8, 4) is 0 Å². The Morgan fingerprint density at radius 2 is 2.00 bits per heavy atom. The van der Waals surface area contributed by atoms with Crippen LogP contribution in [0.4, 0.5) is 0 Å². The standard InChI is InChI=1S/C20H29N5O.2ClH/c1-2-24-18-6-4-3-5-16(18)22-19(24)14-23-11-9-17-15(13-23)7-8-20(26)25(17)12-10-21;;/h3-6,15,17H,2,7-14,21H2,1H3;2*1H/t15-,17+;;/m0../s1. The third-order valence-corrected chi connectivity index (χ3v) is 6.01. The first-order valence-corrected chi connectivity index (χ1v) is 9.87. The first-order chi connectivity index (χ1) is 12.7. The topological polar surface area (TPSA) is 67.4 Å². The van der Waals surface area contributed by atoms with Gasteiger partial charge in [0, 0.05) is 45.2 Å². The van der Waals surface area contributed by atoms with Crippen molar-refractivity contribution in [3.05, 3.63) is 30.1 Å². The number of imidazole rings is 1. The summed E-state index contributed by atoms with van der Waals surface area (Å²) in [4.78, 5) is 21.7. The van der Waals surface area contributed by atoms with E-state index in [1.54, 1.807) is 0 Å². The van der Waals surface area contributed by atoms with Crippen LogP contribution in [0.3, 0.4) is 0 Å². The quantitative estimate of drug-likeness (QED) is 0.795. The zero-order chi connectivity index (χ0) is 18.1. The van der Waals surface area contributed by atoms with E-state index >= 15 is 0 Å². The largest absolute Gasteiger partial charge is 0.338 e. The summed E-state index contributed by atoms with van der Waals surface area (Å²) >= 11 is 0. The molecule has 6 nitrogen and oxygen atoms in total. The van der Waals surface area contributed by atoms with Gasteiger partial charge in [-0.15, -0.1) is 24.8 Å². The number of benzene rings is 1. The minimum absolute atomic E-state index is 0. The van der Waals surface area contributed by atoms with Crippen molar-refractivity contribution in [3.63, 3.8) is 0 Å². The number of aryl methyl sites for hydroxylation is 1. The Morgan fingerprint density at radius 1 is 1.21 bits per heavy atom. The van der Waals surface area contributed by atoms with Crippen LogP contribution < -0.4 is 5.73 Å². The number of rotatable bonds is 5. The van der Waals surface area contributed by atoms with Crippen molar-refractivity contribution in [2.45, 2.75) is 45.3 Å². The number of hydrogen-bond acceptors (Lipinski definition) is 4. The van der Waals surface area contributed by atoms with E-state index in [2.05, 4.69) is 40.7 Å². The number of halogens is 2. The van der Waals surface area contributed by atoms with Crippen LogP contribution in [0.2, 0.25) is 0 Å². The molecule has 1 aromatic heterocycles. The fourth-order valence-corrected chi connectivity index (χ4v) is 4.80. The first kappa shape index (κ1) is 22.9. The van der Waals surface area contributed by atoms with E-state index < -0.39 is 0 Å². The molecule has 0 bridgehead atoms. The van der Waals surface area contributed by atoms with Crippen LogP contribution in [0.5, 0.6) is 0 Å². The molecule has 2 aliphatic rings. The Kier molecular flexibility index (Phi) is 8.13. The van der Waals surface area contributed by atoms with Crippen molar-refractivity contribution in [1.29, 1.82) is 0 Å². The maximum absolute atomic E-state index is 12.2. The van der Waals surface area contributed by atoms with Crippen LogP contribution >= 0.6 is 24.8 Å². The highest BCUT2D eigenvalue weighted by Crippen LogP contribution is 2.31. The molecular weight excluding hydrogens is 397 g/mol. The van der Waals surface area contributed by atoms with Crippen LogP contribution in [0, 0.1) is 5.92 Å². The van der Waals surface area contributed by atoms with Gasteiger partial charge in [-0.1, -0.05) is 12.1 Å². The zero-order valence-corrected chi connectivity index (χ0v) is 18.1. The highest BCUT2D eigenvalue weighted by Gasteiger charge is 2.39. The third kappa shape index (κ3) is 4.30. The summed E-state index contributed by atoms with van der Waals surface area (Å²) in [5, 5.41) is 0. The molecule has 156 valence electrons. The second kappa shape index (κ2) is 9.92. The summed E-state index contributed by atoms with van der Waals surface area (Å²) in [6.07, 6.45) is 2.72. The fraction of sp³-hybridized carbons (Fsp3) is 0.600. The number of nitrogens with zero attached hydrogens (tertiary/aromatic N) is 4. The van der Waals surface area contributed by atoms with Crippen LogP contribution in [0.25, 0.3) is 11.0 Å². The zero-order valence-electron chi connectivity index (χ0n) is 16.4. The highest BCUT2D eigenvalue weighted by atomic mass is 35.5. The van der Waals surface area contributed by atoms with Gasteiger partial charge in [0.25, 0.3) is 0 Å². The smallest absolute Gasteiger partial charge is 0.222 e. The number of piperidine rings is 2. The maximum Gasteiger partial charge on any atom is 0.222 e. The Balaban J connectivity index is 0.00000140. The van der Waals surface area contributed by atoms with Gasteiger partial charge in [0.1, 0.15) is 5.82 Å². The molecular formula is C20H31Cl2N5O. The number of aromatic nitrogens is 2. The summed E-state index contributed by atoms with van der Waals surface area (Å²) in [5.41, 5.74) is 8.03. The van der Waals surface area contributed by atoms with E-state index in [-0.39, 0.29) is 30.7 Å². The predicted molar refractivity (Wildman–Crippen MR) is 117 cm³/mol. The van der Waals surface area contributed by atoms with E-state index in [1.807, 2.05) is 4.90 Å². The van der Waals surface area contributed by atoms with E-state index in [0.717, 1.165) is 50.4 Å². The summed E-state index contributed by atoms with van der Waals surface area (Å²) in [6.45, 7) is 7.32. The molecule has 0 radical (unpaired) electrons. The second-order valence-electron chi connectivity index (χ2n) is 7.53. The van der Waals surface area contributed by atoms with Gasteiger partial charge < -0.3 is 15.2 Å². The molecule has 28 heavy (non-hydrogen) atoms. The number of hydrogen-bond donors (Lipinski definition) is 1. The van der Waals surface area contributed by atoms with Gasteiger partial charge in [0.05, 0.1) is 17.6 Å². The second-order valence-corrected chi connectivity index (χ2v) is 7.53. The number of carbonyl (C=O) groups is 1. The molecule has 0 saturated carbocycles. The molecule has 3 heterocycles. The molecule has 2 atom stereocenters. The molecule has 1 amide bonds. The molecule has 4 rings (SSSR count). The Morgan fingerprint density at radius 3 is 2.75 bits per heavy atom. The number of para-hydroxylation sites is 2. The number of likely N-dealkylation sites (tertiary alicyclic amines) is 2. The summed E-state index contributed by atoms with van der Waals surface area (Å²) < 4.78 is 2.33. The van der Waals surface area contributed by atoms with Gasteiger partial charge in [0.15, 0.2) is 0 Å². The van der Waals surface area contributed by atoms with Gasteiger partial charge >= 0.3 is 0 Å². The average Bonchev–Trinajstić information content (AvgIpc) is 3.01. The average molecular weight is 428 g/mol. The molecule has 0 aliphatic carbocycles. The van der Waals surface area contributed by atoms with Crippen molar-refractivity contribution in [2.24, 2.45) is 11.7 Å². The normalized spacial score (nSPS) is 22.5. The van der Waals surface area contributed by atoms with Gasteiger partial charge in [-0.25, -0.2) is 4.98 Å². The number of nitrogens with two attached hydrogens (primary N) is 1. The van der Waals surface area contributed by atoms with Crippen LogP contribution in [0.1, 0.15) is 32.0 Å². The molecule has 2 aliphatic heterocycles. The summed E-state index contributed by atoms with van der Waals surface area (Å²) in [5.74, 6) is 2.00. The molecule has 2 fully saturated rings. The maximum atomic E-state index is 12.2. The van der Waals surface area contributed by atoms with Gasteiger partial charge in [0.2, 0.25) is 5.91 Å². The Bertz CT molecular complexity index is 796. The Labute approximate surface area is 179 Å². The molecule has 2 aromatic rings. The lowest BCUT2D eigenvalue weighted by atomic mass is 9.83. The summed E-state index contributed by atoms with van der Waals surface area (Å²) in [6, 6.07) is 8.75. The molecule has 2 N–H and O–H groups in total. The van der Waals surface area contributed by atoms with Crippen molar-refractivity contribution in [2.75, 3.05) is 26.2 Å². The SMILES string of the molecule is CCn1c(CN2CC[C@@H]3[C@@H](CCC(=O)N3CCN)C2)nc2ccccc21.Cl.Cl. The lowest BCUT2D eigenvalue weighted by Gasteiger charge is -2.47. The fourth-order valence-electron chi connectivity index (χ4n) is 4.80. The monoisotopic (exact) mass is 427 g/mol. The minimum Gasteiger partial charge on any atom is -0.338 e. The van der Waals surface area contributed by atoms with E-state index in [1.165, 1.54) is 5.52 Å².